The molecule has 5 heteroatoms. The lowest BCUT2D eigenvalue weighted by molar-refractivity contribution is 0.0951. The number of nitrogens with one attached hydrogen (secondary N) is 2. The minimum absolute atomic E-state index is 0.0813. The smallest absolute Gasteiger partial charge is 0.251 e. The second-order valence-corrected chi connectivity index (χ2v) is 5.52. The van der Waals surface area contributed by atoms with Crippen molar-refractivity contribution in [3.8, 4) is 0 Å². The highest BCUT2D eigenvalue weighted by Gasteiger charge is 2.05. The summed E-state index contributed by atoms with van der Waals surface area (Å²) in [6.07, 6.45) is 0. The number of hydrogen-bond acceptors (Lipinski definition) is 3. The van der Waals surface area contributed by atoms with E-state index in [0.29, 0.717) is 12.1 Å². The van der Waals surface area contributed by atoms with Gasteiger partial charge in [-0.3, -0.25) is 4.79 Å². The molecular formula is C13H13ClN2OS. The number of thiophene rings is 1. The first kappa shape index (κ1) is 12.9. The number of halogens is 1. The van der Waals surface area contributed by atoms with E-state index in [0.717, 1.165) is 14.9 Å². The molecule has 3 nitrogen and oxygen atoms in total. The maximum Gasteiger partial charge on any atom is 0.251 e. The van der Waals surface area contributed by atoms with E-state index in [9.17, 15) is 4.79 Å². The van der Waals surface area contributed by atoms with E-state index in [1.165, 1.54) is 11.3 Å². The fourth-order valence-corrected chi connectivity index (χ4v) is 2.53. The van der Waals surface area contributed by atoms with Crippen LogP contribution in [0.25, 0.3) is 0 Å². The maximum absolute atomic E-state index is 11.9. The van der Waals surface area contributed by atoms with Crippen LogP contribution in [0.2, 0.25) is 4.34 Å². The minimum atomic E-state index is -0.0813. The Labute approximate surface area is 115 Å². The molecule has 0 fully saturated rings. The van der Waals surface area contributed by atoms with Crippen molar-refractivity contribution in [1.29, 1.82) is 0 Å². The van der Waals surface area contributed by atoms with Crippen molar-refractivity contribution in [2.75, 3.05) is 12.4 Å². The van der Waals surface area contributed by atoms with E-state index in [4.69, 9.17) is 11.6 Å². The zero-order valence-electron chi connectivity index (χ0n) is 9.87. The van der Waals surface area contributed by atoms with Crippen LogP contribution >= 0.6 is 22.9 Å². The van der Waals surface area contributed by atoms with Crippen LogP contribution in [-0.2, 0) is 6.54 Å². The summed E-state index contributed by atoms with van der Waals surface area (Å²) in [6.45, 7) is 0.504. The molecule has 1 heterocycles. The van der Waals surface area contributed by atoms with Gasteiger partial charge in [0.15, 0.2) is 0 Å². The van der Waals surface area contributed by atoms with E-state index in [1.54, 1.807) is 12.1 Å². The lowest BCUT2D eigenvalue weighted by atomic mass is 10.2. The van der Waals surface area contributed by atoms with Gasteiger partial charge in [0.1, 0.15) is 0 Å². The minimum Gasteiger partial charge on any atom is -0.388 e. The Hall–Kier alpha value is -1.52. The van der Waals surface area contributed by atoms with Gasteiger partial charge in [-0.05, 0) is 36.4 Å². The van der Waals surface area contributed by atoms with Crippen molar-refractivity contribution < 1.29 is 4.79 Å². The molecule has 0 atom stereocenters. The van der Waals surface area contributed by atoms with Gasteiger partial charge in [-0.1, -0.05) is 11.6 Å². The second kappa shape index (κ2) is 5.89. The highest BCUT2D eigenvalue weighted by atomic mass is 35.5. The summed E-state index contributed by atoms with van der Waals surface area (Å²) in [4.78, 5) is 12.9. The first-order valence-electron chi connectivity index (χ1n) is 5.49. The summed E-state index contributed by atoms with van der Waals surface area (Å²) < 4.78 is 0.734. The van der Waals surface area contributed by atoms with Crippen LogP contribution in [0.5, 0.6) is 0 Å². The number of carbonyl (C=O) groups is 1. The van der Waals surface area contributed by atoms with E-state index in [1.807, 2.05) is 31.3 Å². The van der Waals surface area contributed by atoms with Crippen LogP contribution in [-0.4, -0.2) is 13.0 Å². The molecule has 1 amide bonds. The van der Waals surface area contributed by atoms with Gasteiger partial charge in [-0.25, -0.2) is 0 Å². The average Bonchev–Trinajstić information content (AvgIpc) is 2.82. The summed E-state index contributed by atoms with van der Waals surface area (Å²) in [6, 6.07) is 11.1. The zero-order chi connectivity index (χ0) is 13.0. The number of benzene rings is 1. The number of carbonyl (C=O) groups excluding carboxylic acids is 1. The molecule has 94 valence electrons. The topological polar surface area (TPSA) is 41.1 Å². The molecule has 1 aromatic carbocycles. The van der Waals surface area contributed by atoms with Crippen LogP contribution in [0.3, 0.4) is 0 Å². The van der Waals surface area contributed by atoms with Gasteiger partial charge in [0.05, 0.1) is 10.9 Å². The van der Waals surface area contributed by atoms with E-state index < -0.39 is 0 Å². The molecule has 0 aliphatic rings. The highest BCUT2D eigenvalue weighted by Crippen LogP contribution is 2.21. The third-order valence-electron chi connectivity index (χ3n) is 2.49. The molecule has 2 rings (SSSR count). The van der Waals surface area contributed by atoms with Crippen molar-refractivity contribution >= 4 is 34.5 Å². The molecule has 1 aromatic heterocycles. The Morgan fingerprint density at radius 2 is 1.94 bits per heavy atom. The van der Waals surface area contributed by atoms with E-state index >= 15 is 0 Å². The number of anilines is 1. The van der Waals surface area contributed by atoms with Gasteiger partial charge >= 0.3 is 0 Å². The predicted molar refractivity (Wildman–Crippen MR) is 76.5 cm³/mol. The van der Waals surface area contributed by atoms with Crippen LogP contribution in [0, 0.1) is 0 Å². The second-order valence-electron chi connectivity index (χ2n) is 3.72. The average molecular weight is 281 g/mol. The largest absolute Gasteiger partial charge is 0.388 e. The van der Waals surface area contributed by atoms with Crippen LogP contribution in [0.15, 0.2) is 36.4 Å². The monoisotopic (exact) mass is 280 g/mol. The maximum atomic E-state index is 11.9. The summed E-state index contributed by atoms with van der Waals surface area (Å²) in [5.41, 5.74) is 1.63. The van der Waals surface area contributed by atoms with E-state index in [2.05, 4.69) is 10.6 Å². The molecule has 2 N–H and O–H groups in total. The molecule has 0 spiro atoms. The Bertz CT molecular complexity index is 536. The first-order chi connectivity index (χ1) is 8.69. The summed E-state index contributed by atoms with van der Waals surface area (Å²) in [5, 5.41) is 5.87. The Morgan fingerprint density at radius 1 is 1.22 bits per heavy atom. The molecule has 0 saturated heterocycles. The van der Waals surface area contributed by atoms with Crippen molar-refractivity contribution in [2.45, 2.75) is 6.54 Å². The fraction of sp³-hybridized carbons (Fsp3) is 0.154. The molecule has 2 aromatic rings. The van der Waals surface area contributed by atoms with Crippen LogP contribution < -0.4 is 10.6 Å². The Balaban J connectivity index is 1.94. The Kier molecular flexibility index (Phi) is 4.23. The van der Waals surface area contributed by atoms with Crippen LogP contribution in [0.1, 0.15) is 15.2 Å². The number of rotatable bonds is 4. The third-order valence-corrected chi connectivity index (χ3v) is 3.72. The fourth-order valence-electron chi connectivity index (χ4n) is 1.50. The first-order valence-corrected chi connectivity index (χ1v) is 6.68. The van der Waals surface area contributed by atoms with Crippen molar-refractivity contribution in [1.82, 2.24) is 5.32 Å². The molecule has 0 unspecified atom stereocenters. The van der Waals surface area contributed by atoms with Gasteiger partial charge in [0.25, 0.3) is 5.91 Å². The lowest BCUT2D eigenvalue weighted by Gasteiger charge is -2.05. The van der Waals surface area contributed by atoms with Gasteiger partial charge in [-0.2, -0.15) is 0 Å². The molecule has 18 heavy (non-hydrogen) atoms. The highest BCUT2D eigenvalue weighted by molar-refractivity contribution is 7.16. The van der Waals surface area contributed by atoms with Crippen molar-refractivity contribution in [3.05, 3.63) is 51.2 Å². The van der Waals surface area contributed by atoms with Gasteiger partial charge in [-0.15, -0.1) is 11.3 Å². The summed E-state index contributed by atoms with van der Waals surface area (Å²) >= 11 is 7.30. The van der Waals surface area contributed by atoms with Crippen LogP contribution in [0.4, 0.5) is 5.69 Å². The summed E-state index contributed by atoms with van der Waals surface area (Å²) in [7, 11) is 1.84. The summed E-state index contributed by atoms with van der Waals surface area (Å²) in [5.74, 6) is -0.0813. The molecule has 0 aliphatic carbocycles. The number of hydrogen-bond donors (Lipinski definition) is 2. The molecular weight excluding hydrogens is 268 g/mol. The molecule has 0 aliphatic heterocycles. The van der Waals surface area contributed by atoms with Crippen molar-refractivity contribution in [3.63, 3.8) is 0 Å². The number of amides is 1. The van der Waals surface area contributed by atoms with Gasteiger partial charge in [0, 0.05) is 23.2 Å². The quantitative estimate of drug-likeness (QED) is 0.901. The third kappa shape index (κ3) is 3.24. The van der Waals surface area contributed by atoms with Gasteiger partial charge < -0.3 is 10.6 Å². The SMILES string of the molecule is CNc1ccc(C(=O)NCc2ccc(Cl)s2)cc1. The van der Waals surface area contributed by atoms with E-state index in [-0.39, 0.29) is 5.91 Å². The Morgan fingerprint density at radius 3 is 2.50 bits per heavy atom. The van der Waals surface area contributed by atoms with Gasteiger partial charge in [0.2, 0.25) is 0 Å². The molecule has 0 saturated carbocycles. The zero-order valence-corrected chi connectivity index (χ0v) is 11.4. The molecule has 0 radical (unpaired) electrons. The molecule has 0 bridgehead atoms. The standard InChI is InChI=1S/C13H13ClN2OS/c1-15-10-4-2-9(3-5-10)13(17)16-8-11-6-7-12(14)18-11/h2-7,15H,8H2,1H3,(H,16,17). The predicted octanol–water partition coefficient (Wildman–Crippen LogP) is 3.37. The normalized spacial score (nSPS) is 10.1. The lowest BCUT2D eigenvalue weighted by Crippen LogP contribution is -2.22. The van der Waals surface area contributed by atoms with Crippen molar-refractivity contribution in [2.24, 2.45) is 0 Å².